The summed E-state index contributed by atoms with van der Waals surface area (Å²) in [4.78, 5) is 44.6. The zero-order valence-corrected chi connectivity index (χ0v) is 22.3. The Hall–Kier alpha value is -4.52. The van der Waals surface area contributed by atoms with E-state index in [4.69, 9.17) is 0 Å². The molecule has 0 N–H and O–H groups in total. The summed E-state index contributed by atoms with van der Waals surface area (Å²) in [6, 6.07) is 13.4. The quantitative estimate of drug-likeness (QED) is 0.320. The first-order valence-electron chi connectivity index (χ1n) is 11.5. The topological polar surface area (TPSA) is 68.3 Å². The van der Waals surface area contributed by atoms with Gasteiger partial charge in [0.15, 0.2) is 0 Å². The van der Waals surface area contributed by atoms with E-state index in [0.29, 0.717) is 21.9 Å². The van der Waals surface area contributed by atoms with E-state index in [1.54, 1.807) is 23.8 Å². The molecule has 0 heterocycles. The Morgan fingerprint density at radius 3 is 1.05 bits per heavy atom. The molecule has 0 saturated carbocycles. The van der Waals surface area contributed by atoms with Crippen LogP contribution in [0.15, 0.2) is 92.4 Å². The van der Waals surface area contributed by atoms with E-state index in [2.05, 4.69) is 0 Å². The van der Waals surface area contributed by atoms with Gasteiger partial charge in [-0.2, -0.15) is 26.3 Å². The van der Waals surface area contributed by atoms with Crippen LogP contribution in [0.2, 0.25) is 0 Å². The molecule has 0 amide bonds. The average molecular weight is 615 g/mol. The molecule has 0 unspecified atom stereocenters. The van der Waals surface area contributed by atoms with Gasteiger partial charge in [-0.05, 0) is 71.8 Å². The van der Waals surface area contributed by atoms with Crippen LogP contribution in [-0.4, -0.2) is 23.8 Å². The predicted molar refractivity (Wildman–Crippen MR) is 141 cm³/mol. The maximum atomic E-state index is 14.2. The maximum absolute atomic E-state index is 14.2. The molecule has 0 atom stereocenters. The van der Waals surface area contributed by atoms with Crippen LogP contribution in [0, 0.1) is 0 Å². The summed E-state index contributed by atoms with van der Waals surface area (Å²) < 4.78 is 84.9. The van der Waals surface area contributed by atoms with Crippen LogP contribution in [0.4, 0.5) is 26.3 Å². The van der Waals surface area contributed by atoms with E-state index in [1.807, 2.05) is 0 Å². The lowest BCUT2D eigenvalue weighted by molar-refractivity contribution is -0.139. The van der Waals surface area contributed by atoms with Crippen molar-refractivity contribution in [3.8, 4) is 11.1 Å². The van der Waals surface area contributed by atoms with E-state index in [0.717, 1.165) is 35.7 Å². The van der Waals surface area contributed by atoms with Crippen molar-refractivity contribution in [1.29, 1.82) is 0 Å². The van der Waals surface area contributed by atoms with Gasteiger partial charge >= 0.3 is 12.4 Å². The van der Waals surface area contributed by atoms with Gasteiger partial charge in [0.25, 0.3) is 0 Å². The van der Waals surface area contributed by atoms with Crippen LogP contribution in [0.5, 0.6) is 0 Å². The summed E-state index contributed by atoms with van der Waals surface area (Å²) in [7, 11) is 0. The van der Waals surface area contributed by atoms with Crippen molar-refractivity contribution >= 4 is 47.3 Å². The fourth-order valence-electron chi connectivity index (χ4n) is 3.91. The Morgan fingerprint density at radius 2 is 0.738 bits per heavy atom. The Kier molecular flexibility index (Phi) is 8.81. The number of halogens is 6. The number of benzene rings is 4. The first-order valence-corrected chi connectivity index (χ1v) is 13.1. The lowest BCUT2D eigenvalue weighted by Crippen LogP contribution is -2.26. The van der Waals surface area contributed by atoms with E-state index in [1.165, 1.54) is 48.5 Å². The van der Waals surface area contributed by atoms with Crippen LogP contribution in [0.1, 0.15) is 11.1 Å². The summed E-state index contributed by atoms with van der Waals surface area (Å²) in [6.45, 7) is 0. The highest BCUT2D eigenvalue weighted by molar-refractivity contribution is 7.99. The van der Waals surface area contributed by atoms with Gasteiger partial charge in [-0.3, -0.25) is 0 Å². The summed E-state index contributed by atoms with van der Waals surface area (Å²) in [5.41, 5.74) is -4.03. The normalized spacial score (nSPS) is 11.3. The van der Waals surface area contributed by atoms with Crippen LogP contribution in [0.25, 0.3) is 11.1 Å². The van der Waals surface area contributed by atoms with Gasteiger partial charge in [-0.15, -0.1) is 0 Å². The zero-order valence-electron chi connectivity index (χ0n) is 20.6. The summed E-state index contributed by atoms with van der Waals surface area (Å²) in [6.07, 6.45) is -10.1. The number of hydrogen-bond donors (Lipinski definition) is 0. The molecular formula is C30H12F6O4S2. The largest absolute Gasteiger partial charge is 0.417 e. The predicted octanol–water partition coefficient (Wildman–Crippen LogP) is 3.71. The highest BCUT2D eigenvalue weighted by atomic mass is 32.2. The molecule has 4 aromatic carbocycles. The summed E-state index contributed by atoms with van der Waals surface area (Å²) >= 11 is 1.61. The monoisotopic (exact) mass is 614 g/mol. The minimum absolute atomic E-state index is 0.0188. The van der Waals surface area contributed by atoms with Crippen LogP contribution < -0.4 is 20.9 Å². The van der Waals surface area contributed by atoms with Crippen LogP contribution >= 0.6 is 23.5 Å². The second-order valence-electron chi connectivity index (χ2n) is 8.44. The number of rotatable bonds is 5. The van der Waals surface area contributed by atoms with Gasteiger partial charge < -0.3 is 0 Å². The summed E-state index contributed by atoms with van der Waals surface area (Å²) in [5.74, 6) is 6.17. The van der Waals surface area contributed by atoms with Gasteiger partial charge in [-0.25, -0.2) is 19.2 Å². The zero-order chi connectivity index (χ0) is 30.7. The molecule has 0 aliphatic carbocycles. The standard InChI is InChI=1S/C30H12F6O4S2/c31-29(32,33)27-11-23(41-21-3-1-17(13-37)19(9-21)15-39)5-7-25(27)26-8-6-24(12-28(26)30(34,35)36)42-22-4-2-18(14-38)20(10-22)16-40/h1-12H. The first-order chi connectivity index (χ1) is 19.9. The Balaban J connectivity index is 1.80. The molecule has 0 aliphatic heterocycles. The van der Waals surface area contributed by atoms with Gasteiger partial charge in [-0.1, -0.05) is 35.7 Å². The second-order valence-corrected chi connectivity index (χ2v) is 10.7. The van der Waals surface area contributed by atoms with E-state index < -0.39 is 34.6 Å². The highest BCUT2D eigenvalue weighted by Crippen LogP contribution is 2.45. The molecule has 0 saturated heterocycles. The molecular weight excluding hydrogens is 602 g/mol. The van der Waals surface area contributed by atoms with Crippen molar-refractivity contribution in [2.45, 2.75) is 31.9 Å². The molecule has 12 heteroatoms. The minimum atomic E-state index is -5.03. The third kappa shape index (κ3) is 6.68. The fraction of sp³-hybridized carbons (Fsp3) is 0.0667. The molecule has 4 nitrogen and oxygen atoms in total. The lowest BCUT2D eigenvalue weighted by Gasteiger charge is -2.19. The average Bonchev–Trinajstić information content (AvgIpc) is 2.96. The van der Waals surface area contributed by atoms with Crippen molar-refractivity contribution in [2.75, 3.05) is 0 Å². The Bertz CT molecular complexity index is 1900. The minimum Gasteiger partial charge on any atom is -0.233 e. The van der Waals surface area contributed by atoms with Crippen molar-refractivity contribution < 1.29 is 45.5 Å². The molecule has 0 fully saturated rings. The number of hydrogen-bond acceptors (Lipinski definition) is 6. The Morgan fingerprint density at radius 1 is 0.429 bits per heavy atom. The van der Waals surface area contributed by atoms with E-state index >= 15 is 0 Å². The fourth-order valence-corrected chi connectivity index (χ4v) is 5.70. The third-order valence-electron chi connectivity index (χ3n) is 5.78. The smallest absolute Gasteiger partial charge is 0.233 e. The maximum Gasteiger partial charge on any atom is 0.417 e. The molecule has 4 rings (SSSR count). The molecule has 210 valence electrons. The highest BCUT2D eigenvalue weighted by Gasteiger charge is 2.38. The van der Waals surface area contributed by atoms with Crippen LogP contribution in [0.3, 0.4) is 0 Å². The van der Waals surface area contributed by atoms with Crippen LogP contribution in [-0.2, 0) is 31.5 Å². The van der Waals surface area contributed by atoms with E-state index in [-0.39, 0.29) is 30.7 Å². The van der Waals surface area contributed by atoms with Crippen molar-refractivity contribution in [3.63, 3.8) is 0 Å². The van der Waals surface area contributed by atoms with Gasteiger partial charge in [0.1, 0.15) is 23.8 Å². The molecule has 0 aliphatic rings. The van der Waals surface area contributed by atoms with Gasteiger partial charge in [0.2, 0.25) is 0 Å². The molecule has 0 bridgehead atoms. The second kappa shape index (κ2) is 12.1. The number of carbonyl (C=O) groups excluding carboxylic acids is 4. The first kappa shape index (κ1) is 30.4. The van der Waals surface area contributed by atoms with E-state index in [9.17, 15) is 45.5 Å². The number of alkyl halides is 6. The lowest BCUT2D eigenvalue weighted by atomic mass is 9.94. The summed E-state index contributed by atoms with van der Waals surface area (Å²) in [5, 5.41) is -0.454. The SMILES string of the molecule is O=C=c1ccc(Sc2ccc(-c3ccc(Sc4ccc(=C=O)c(=C=O)c4)cc3C(F)(F)F)c(C(F)(F)F)c2)cc1=C=O. The molecule has 42 heavy (non-hydrogen) atoms. The van der Waals surface area contributed by atoms with Crippen molar-refractivity contribution in [3.05, 3.63) is 105 Å². The molecule has 4 aromatic rings. The van der Waals surface area contributed by atoms with Crippen molar-refractivity contribution in [1.82, 2.24) is 0 Å². The molecule has 0 spiro atoms. The Labute approximate surface area is 240 Å². The van der Waals surface area contributed by atoms with Crippen molar-refractivity contribution in [2.24, 2.45) is 0 Å². The molecule has 0 aromatic heterocycles. The molecule has 0 radical (unpaired) electrons. The van der Waals surface area contributed by atoms with Gasteiger partial charge in [0, 0.05) is 19.6 Å². The third-order valence-corrected chi connectivity index (χ3v) is 7.73. The van der Waals surface area contributed by atoms with Gasteiger partial charge in [0.05, 0.1) is 32.0 Å².